The van der Waals surface area contributed by atoms with Gasteiger partial charge < -0.3 is 10.1 Å². The van der Waals surface area contributed by atoms with Crippen molar-refractivity contribution >= 4 is 0 Å². The van der Waals surface area contributed by atoms with Gasteiger partial charge in [0, 0.05) is 12.6 Å². The molecule has 0 aromatic heterocycles. The smallest absolute Gasteiger partial charge is 0.0700 e. The highest BCUT2D eigenvalue weighted by Gasteiger charge is 2.24. The molecule has 1 saturated heterocycles. The molecule has 2 heteroatoms. The highest BCUT2D eigenvalue weighted by Crippen LogP contribution is 2.28. The summed E-state index contributed by atoms with van der Waals surface area (Å²) in [5.74, 6) is 1.03. The molecule has 1 saturated carbocycles. The van der Waals surface area contributed by atoms with E-state index in [-0.39, 0.29) is 0 Å². The molecule has 0 radical (unpaired) electrons. The molecule has 0 aromatic carbocycles. The molecule has 2 aliphatic rings. The Morgan fingerprint density at radius 3 is 2.69 bits per heavy atom. The van der Waals surface area contributed by atoms with E-state index < -0.39 is 0 Å². The van der Waals surface area contributed by atoms with Crippen LogP contribution in [-0.2, 0) is 4.74 Å². The maximum atomic E-state index is 5.50. The van der Waals surface area contributed by atoms with Crippen molar-refractivity contribution in [1.29, 1.82) is 0 Å². The molecule has 1 aliphatic carbocycles. The number of hydrogen-bond acceptors (Lipinski definition) is 2. The van der Waals surface area contributed by atoms with Crippen molar-refractivity contribution in [1.82, 2.24) is 5.32 Å². The zero-order chi connectivity index (χ0) is 9.10. The summed E-state index contributed by atoms with van der Waals surface area (Å²) in [5, 5.41) is 3.61. The Kier molecular flexibility index (Phi) is 3.23. The highest BCUT2D eigenvalue weighted by molar-refractivity contribution is 4.80. The molecule has 2 unspecified atom stereocenters. The molecular weight excluding hydrogens is 162 g/mol. The first-order chi connectivity index (χ1) is 6.36. The van der Waals surface area contributed by atoms with Gasteiger partial charge in [0.25, 0.3) is 0 Å². The summed E-state index contributed by atoms with van der Waals surface area (Å²) < 4.78 is 5.50. The number of nitrogens with one attached hydrogen (secondary N) is 1. The van der Waals surface area contributed by atoms with E-state index in [9.17, 15) is 0 Å². The molecule has 1 aliphatic heterocycles. The lowest BCUT2D eigenvalue weighted by molar-refractivity contribution is 0.112. The van der Waals surface area contributed by atoms with E-state index >= 15 is 0 Å². The van der Waals surface area contributed by atoms with Crippen molar-refractivity contribution in [2.24, 2.45) is 5.92 Å². The minimum atomic E-state index is 0.432. The van der Waals surface area contributed by atoms with Crippen LogP contribution in [0.25, 0.3) is 0 Å². The van der Waals surface area contributed by atoms with Gasteiger partial charge in [0.15, 0.2) is 0 Å². The normalized spacial score (nSPS) is 34.8. The monoisotopic (exact) mass is 183 g/mol. The first-order valence-electron chi connectivity index (χ1n) is 5.71. The second-order valence-electron chi connectivity index (χ2n) is 4.51. The molecule has 1 N–H and O–H groups in total. The van der Waals surface area contributed by atoms with Crippen LogP contribution in [-0.4, -0.2) is 25.3 Å². The second kappa shape index (κ2) is 4.43. The summed E-state index contributed by atoms with van der Waals surface area (Å²) in [6.45, 7) is 4.32. The van der Waals surface area contributed by atoms with Crippen molar-refractivity contribution in [3.05, 3.63) is 0 Å². The summed E-state index contributed by atoms with van der Waals surface area (Å²) in [7, 11) is 0. The van der Waals surface area contributed by atoms with E-state index in [1.165, 1.54) is 38.6 Å². The maximum Gasteiger partial charge on any atom is 0.0700 e. The van der Waals surface area contributed by atoms with Gasteiger partial charge in [-0.2, -0.15) is 0 Å². The predicted octanol–water partition coefficient (Wildman–Crippen LogP) is 1.94. The van der Waals surface area contributed by atoms with Crippen LogP contribution in [0.2, 0.25) is 0 Å². The zero-order valence-electron chi connectivity index (χ0n) is 8.59. The Labute approximate surface area is 81.0 Å². The molecule has 2 nitrogen and oxygen atoms in total. The lowest BCUT2D eigenvalue weighted by Gasteiger charge is -2.26. The average Bonchev–Trinajstić information content (AvgIpc) is 2.42. The summed E-state index contributed by atoms with van der Waals surface area (Å²) in [5.41, 5.74) is 0. The molecule has 13 heavy (non-hydrogen) atoms. The molecule has 1 heterocycles. The van der Waals surface area contributed by atoms with Crippen LogP contribution < -0.4 is 5.32 Å². The van der Waals surface area contributed by atoms with Crippen LogP contribution >= 0.6 is 0 Å². The quantitative estimate of drug-likeness (QED) is 0.719. The van der Waals surface area contributed by atoms with E-state index in [1.54, 1.807) is 0 Å². The van der Waals surface area contributed by atoms with Crippen LogP contribution in [0.3, 0.4) is 0 Å². The van der Waals surface area contributed by atoms with E-state index in [0.29, 0.717) is 12.1 Å². The highest BCUT2D eigenvalue weighted by atomic mass is 16.5. The molecule has 0 amide bonds. The van der Waals surface area contributed by atoms with Gasteiger partial charge >= 0.3 is 0 Å². The van der Waals surface area contributed by atoms with Crippen molar-refractivity contribution in [3.63, 3.8) is 0 Å². The minimum absolute atomic E-state index is 0.432. The summed E-state index contributed by atoms with van der Waals surface area (Å²) in [6.07, 6.45) is 7.42. The fraction of sp³-hybridized carbons (Fsp3) is 1.00. The van der Waals surface area contributed by atoms with Crippen molar-refractivity contribution in [2.45, 2.75) is 51.2 Å². The molecule has 2 fully saturated rings. The van der Waals surface area contributed by atoms with E-state index in [4.69, 9.17) is 4.74 Å². The second-order valence-corrected chi connectivity index (χ2v) is 4.51. The minimum Gasteiger partial charge on any atom is -0.377 e. The van der Waals surface area contributed by atoms with Gasteiger partial charge in [-0.1, -0.05) is 19.3 Å². The third-order valence-corrected chi connectivity index (χ3v) is 3.56. The summed E-state index contributed by atoms with van der Waals surface area (Å²) in [6, 6.07) is 0.625. The van der Waals surface area contributed by atoms with Crippen LogP contribution in [0, 0.1) is 5.92 Å². The molecule has 0 bridgehead atoms. The third kappa shape index (κ3) is 2.44. The molecule has 2 atom stereocenters. The molecule has 76 valence electrons. The van der Waals surface area contributed by atoms with E-state index in [0.717, 1.165) is 12.5 Å². The number of rotatable bonds is 4. The predicted molar refractivity (Wildman–Crippen MR) is 53.8 cm³/mol. The first kappa shape index (κ1) is 9.47. The lowest BCUT2D eigenvalue weighted by atomic mass is 9.83. The first-order valence-corrected chi connectivity index (χ1v) is 5.71. The Morgan fingerprint density at radius 1 is 1.31 bits per heavy atom. The SMILES string of the molecule is CC1OCCC1NCCC1CCC1. The van der Waals surface area contributed by atoms with Crippen LogP contribution in [0.5, 0.6) is 0 Å². The van der Waals surface area contributed by atoms with E-state index in [2.05, 4.69) is 12.2 Å². The van der Waals surface area contributed by atoms with Gasteiger partial charge in [-0.05, 0) is 32.2 Å². The van der Waals surface area contributed by atoms with Crippen LogP contribution in [0.1, 0.15) is 39.0 Å². The summed E-state index contributed by atoms with van der Waals surface area (Å²) >= 11 is 0. The molecular formula is C11H21NO. The standard InChI is InChI=1S/C11H21NO/c1-9-11(6-8-13-9)12-7-5-10-3-2-4-10/h9-12H,2-8H2,1H3. The fourth-order valence-electron chi connectivity index (χ4n) is 2.25. The number of ether oxygens (including phenoxy) is 1. The van der Waals surface area contributed by atoms with Crippen LogP contribution in [0.4, 0.5) is 0 Å². The largest absolute Gasteiger partial charge is 0.377 e. The van der Waals surface area contributed by atoms with Gasteiger partial charge in [-0.15, -0.1) is 0 Å². The van der Waals surface area contributed by atoms with Gasteiger partial charge in [-0.3, -0.25) is 0 Å². The Bertz CT molecular complexity index is 156. The summed E-state index contributed by atoms with van der Waals surface area (Å²) in [4.78, 5) is 0. The maximum absolute atomic E-state index is 5.50. The van der Waals surface area contributed by atoms with Gasteiger partial charge in [-0.25, -0.2) is 0 Å². The number of hydrogen-bond donors (Lipinski definition) is 1. The lowest BCUT2D eigenvalue weighted by Crippen LogP contribution is -2.36. The van der Waals surface area contributed by atoms with Gasteiger partial charge in [0.1, 0.15) is 0 Å². The Balaban J connectivity index is 1.56. The van der Waals surface area contributed by atoms with Crippen molar-refractivity contribution in [2.75, 3.05) is 13.2 Å². The van der Waals surface area contributed by atoms with Gasteiger partial charge in [0.2, 0.25) is 0 Å². The van der Waals surface area contributed by atoms with Crippen LogP contribution in [0.15, 0.2) is 0 Å². The topological polar surface area (TPSA) is 21.3 Å². The van der Waals surface area contributed by atoms with Gasteiger partial charge in [0.05, 0.1) is 6.10 Å². The zero-order valence-corrected chi connectivity index (χ0v) is 8.59. The van der Waals surface area contributed by atoms with Crippen molar-refractivity contribution in [3.8, 4) is 0 Å². The fourth-order valence-corrected chi connectivity index (χ4v) is 2.25. The molecule has 0 aromatic rings. The molecule has 0 spiro atoms. The molecule has 2 rings (SSSR count). The van der Waals surface area contributed by atoms with Crippen molar-refractivity contribution < 1.29 is 4.74 Å². The Hall–Kier alpha value is -0.0800. The Morgan fingerprint density at radius 2 is 2.15 bits per heavy atom. The van der Waals surface area contributed by atoms with E-state index in [1.807, 2.05) is 0 Å². The average molecular weight is 183 g/mol. The third-order valence-electron chi connectivity index (χ3n) is 3.56.